The van der Waals surface area contributed by atoms with E-state index in [1.54, 1.807) is 6.92 Å². The molecule has 0 aliphatic heterocycles. The third-order valence-corrected chi connectivity index (χ3v) is 2.43. The Hall–Kier alpha value is -1.10. The highest BCUT2D eigenvalue weighted by Crippen LogP contribution is 2.11. The maximum absolute atomic E-state index is 11.7. The summed E-state index contributed by atoms with van der Waals surface area (Å²) in [4.78, 5) is 22.5. The number of nitrogens with one attached hydrogen (secondary N) is 1. The van der Waals surface area contributed by atoms with Crippen molar-refractivity contribution in [1.82, 2.24) is 5.32 Å². The lowest BCUT2D eigenvalue weighted by Gasteiger charge is -2.19. The number of carboxylic acids is 1. The number of aliphatic carboxylic acids is 1. The second-order valence-corrected chi connectivity index (χ2v) is 4.37. The average molecular weight is 230 g/mol. The molecule has 5 heteroatoms. The number of nitrogens with two attached hydrogens (primary N) is 1. The minimum Gasteiger partial charge on any atom is -0.480 e. The van der Waals surface area contributed by atoms with E-state index in [-0.39, 0.29) is 18.4 Å². The minimum atomic E-state index is -1.00. The van der Waals surface area contributed by atoms with Crippen molar-refractivity contribution in [1.29, 1.82) is 0 Å². The monoisotopic (exact) mass is 230 g/mol. The summed E-state index contributed by atoms with van der Waals surface area (Å²) in [5.41, 5.74) is 5.51. The van der Waals surface area contributed by atoms with E-state index in [9.17, 15) is 9.59 Å². The van der Waals surface area contributed by atoms with E-state index in [0.29, 0.717) is 18.8 Å². The molecule has 1 amide bonds. The Kier molecular flexibility index (Phi) is 6.72. The van der Waals surface area contributed by atoms with E-state index >= 15 is 0 Å². The van der Waals surface area contributed by atoms with Crippen molar-refractivity contribution in [2.45, 2.75) is 39.7 Å². The van der Waals surface area contributed by atoms with Gasteiger partial charge in [-0.1, -0.05) is 20.8 Å². The summed E-state index contributed by atoms with van der Waals surface area (Å²) in [6.45, 7) is 5.98. The molecule has 0 fully saturated rings. The normalized spacial score (nSPS) is 14.6. The van der Waals surface area contributed by atoms with Crippen molar-refractivity contribution in [3.05, 3.63) is 0 Å². The molecule has 0 spiro atoms. The molecule has 5 nitrogen and oxygen atoms in total. The number of amides is 1. The van der Waals surface area contributed by atoms with Crippen molar-refractivity contribution in [3.63, 3.8) is 0 Å². The summed E-state index contributed by atoms with van der Waals surface area (Å²) in [5, 5.41) is 11.3. The molecule has 2 unspecified atom stereocenters. The fraction of sp³-hybridized carbons (Fsp3) is 0.818. The highest BCUT2D eigenvalue weighted by molar-refractivity contribution is 5.85. The number of rotatable bonds is 7. The van der Waals surface area contributed by atoms with Gasteiger partial charge in [-0.25, -0.2) is 4.79 Å². The zero-order chi connectivity index (χ0) is 12.7. The van der Waals surface area contributed by atoms with Gasteiger partial charge >= 0.3 is 5.97 Å². The SMILES string of the molecule is CCC(NC(=O)C(CN)CC(C)C)C(=O)O. The molecule has 0 aliphatic rings. The molecule has 16 heavy (non-hydrogen) atoms. The van der Waals surface area contributed by atoms with Gasteiger partial charge in [0.05, 0.1) is 5.92 Å². The van der Waals surface area contributed by atoms with Crippen molar-refractivity contribution >= 4 is 11.9 Å². The van der Waals surface area contributed by atoms with Gasteiger partial charge in [0.25, 0.3) is 0 Å². The Labute approximate surface area is 96.4 Å². The first-order valence-electron chi connectivity index (χ1n) is 5.65. The largest absolute Gasteiger partial charge is 0.480 e. The number of hydrogen-bond acceptors (Lipinski definition) is 3. The maximum atomic E-state index is 11.7. The number of carbonyl (C=O) groups excluding carboxylic acids is 1. The van der Waals surface area contributed by atoms with Crippen LogP contribution in [0.2, 0.25) is 0 Å². The summed E-state index contributed by atoms with van der Waals surface area (Å²) in [6.07, 6.45) is 1.05. The van der Waals surface area contributed by atoms with Crippen LogP contribution >= 0.6 is 0 Å². The van der Waals surface area contributed by atoms with Crippen LogP contribution < -0.4 is 11.1 Å². The van der Waals surface area contributed by atoms with Gasteiger partial charge in [0.1, 0.15) is 6.04 Å². The Balaban J connectivity index is 4.34. The summed E-state index contributed by atoms with van der Waals surface area (Å²) >= 11 is 0. The number of carbonyl (C=O) groups is 2. The lowest BCUT2D eigenvalue weighted by atomic mass is 9.96. The van der Waals surface area contributed by atoms with E-state index in [0.717, 1.165) is 0 Å². The molecule has 0 heterocycles. The molecular weight excluding hydrogens is 208 g/mol. The van der Waals surface area contributed by atoms with Gasteiger partial charge in [-0.3, -0.25) is 4.79 Å². The Morgan fingerprint density at radius 3 is 2.25 bits per heavy atom. The van der Waals surface area contributed by atoms with Crippen molar-refractivity contribution < 1.29 is 14.7 Å². The molecule has 0 aliphatic carbocycles. The molecule has 0 radical (unpaired) electrons. The minimum absolute atomic E-state index is 0.250. The van der Waals surface area contributed by atoms with Crippen molar-refractivity contribution in [2.75, 3.05) is 6.54 Å². The van der Waals surface area contributed by atoms with Gasteiger partial charge in [-0.2, -0.15) is 0 Å². The number of hydrogen-bond donors (Lipinski definition) is 3. The Bertz CT molecular complexity index is 241. The molecule has 4 N–H and O–H groups in total. The quantitative estimate of drug-likeness (QED) is 0.596. The standard InChI is InChI=1S/C11H22N2O3/c1-4-9(11(15)16)13-10(14)8(6-12)5-7(2)3/h7-9H,4-6,12H2,1-3H3,(H,13,14)(H,15,16). The molecule has 0 saturated heterocycles. The second-order valence-electron chi connectivity index (χ2n) is 4.37. The van der Waals surface area contributed by atoms with Gasteiger partial charge in [0.15, 0.2) is 0 Å². The van der Waals surface area contributed by atoms with Crippen LogP contribution in [-0.2, 0) is 9.59 Å². The summed E-state index contributed by atoms with van der Waals surface area (Å²) in [5.74, 6) is -1.20. The molecule has 0 aromatic heterocycles. The molecule has 94 valence electrons. The topological polar surface area (TPSA) is 92.4 Å². The first kappa shape index (κ1) is 14.9. The van der Waals surface area contributed by atoms with Gasteiger partial charge in [-0.05, 0) is 18.8 Å². The van der Waals surface area contributed by atoms with E-state index in [1.165, 1.54) is 0 Å². The zero-order valence-electron chi connectivity index (χ0n) is 10.2. The first-order chi connectivity index (χ1) is 7.42. The summed E-state index contributed by atoms with van der Waals surface area (Å²) in [6, 6.07) is -0.811. The van der Waals surface area contributed by atoms with Crippen LogP contribution in [0.15, 0.2) is 0 Å². The van der Waals surface area contributed by atoms with Crippen LogP contribution in [0.4, 0.5) is 0 Å². The van der Waals surface area contributed by atoms with Gasteiger partial charge in [0, 0.05) is 6.54 Å². The second kappa shape index (κ2) is 7.22. The fourth-order valence-electron chi connectivity index (χ4n) is 1.51. The smallest absolute Gasteiger partial charge is 0.326 e. The summed E-state index contributed by atoms with van der Waals surface area (Å²) < 4.78 is 0. The van der Waals surface area contributed by atoms with E-state index in [4.69, 9.17) is 10.8 Å². The van der Waals surface area contributed by atoms with Crippen molar-refractivity contribution in [2.24, 2.45) is 17.6 Å². The molecule has 0 aromatic rings. The van der Waals surface area contributed by atoms with E-state index in [2.05, 4.69) is 5.32 Å². The van der Waals surface area contributed by atoms with Crippen LogP contribution in [0.3, 0.4) is 0 Å². The highest BCUT2D eigenvalue weighted by atomic mass is 16.4. The van der Waals surface area contributed by atoms with Gasteiger partial charge in [-0.15, -0.1) is 0 Å². The molecule has 0 aromatic carbocycles. The molecule has 0 bridgehead atoms. The Morgan fingerprint density at radius 1 is 1.38 bits per heavy atom. The third kappa shape index (κ3) is 5.11. The maximum Gasteiger partial charge on any atom is 0.326 e. The molecule has 0 saturated carbocycles. The lowest BCUT2D eigenvalue weighted by Crippen LogP contribution is -2.45. The van der Waals surface area contributed by atoms with E-state index in [1.807, 2.05) is 13.8 Å². The third-order valence-electron chi connectivity index (χ3n) is 2.43. The predicted molar refractivity (Wildman–Crippen MR) is 61.9 cm³/mol. The van der Waals surface area contributed by atoms with Crippen LogP contribution in [0.25, 0.3) is 0 Å². The zero-order valence-corrected chi connectivity index (χ0v) is 10.2. The van der Waals surface area contributed by atoms with Crippen LogP contribution in [0.5, 0.6) is 0 Å². The van der Waals surface area contributed by atoms with E-state index < -0.39 is 12.0 Å². The van der Waals surface area contributed by atoms with Gasteiger partial charge in [0.2, 0.25) is 5.91 Å². The first-order valence-corrected chi connectivity index (χ1v) is 5.65. The van der Waals surface area contributed by atoms with Crippen LogP contribution in [0.1, 0.15) is 33.6 Å². The Morgan fingerprint density at radius 2 is 1.94 bits per heavy atom. The predicted octanol–water partition coefficient (Wildman–Crippen LogP) is 0.587. The average Bonchev–Trinajstić information content (AvgIpc) is 2.21. The number of carboxylic acid groups (broad SMARTS) is 1. The lowest BCUT2D eigenvalue weighted by molar-refractivity contribution is -0.142. The highest BCUT2D eigenvalue weighted by Gasteiger charge is 2.23. The molecule has 0 rings (SSSR count). The van der Waals surface area contributed by atoms with Crippen LogP contribution in [0, 0.1) is 11.8 Å². The molecular formula is C11H22N2O3. The van der Waals surface area contributed by atoms with Gasteiger partial charge < -0.3 is 16.2 Å². The summed E-state index contributed by atoms with van der Waals surface area (Å²) in [7, 11) is 0. The fourth-order valence-corrected chi connectivity index (χ4v) is 1.51. The molecule has 2 atom stereocenters. The van der Waals surface area contributed by atoms with Crippen molar-refractivity contribution in [3.8, 4) is 0 Å². The van der Waals surface area contributed by atoms with Crippen LogP contribution in [-0.4, -0.2) is 29.6 Å².